The number of pyridine rings is 1. The maximum atomic E-state index is 12.5. The molecular weight excluding hydrogens is 405 g/mol. The second-order valence-corrected chi connectivity index (χ2v) is 6.66. The molecule has 0 aromatic carbocycles. The minimum absolute atomic E-state index is 0.141. The molecule has 1 N–H and O–H groups in total. The van der Waals surface area contributed by atoms with Crippen molar-refractivity contribution in [3.05, 3.63) is 35.3 Å². The average molecular weight is 424 g/mol. The van der Waals surface area contributed by atoms with E-state index in [0.29, 0.717) is 43.5 Å². The molecule has 1 aliphatic carbocycles. The van der Waals surface area contributed by atoms with Gasteiger partial charge >= 0.3 is 18.1 Å². The third-order valence-corrected chi connectivity index (χ3v) is 4.65. The van der Waals surface area contributed by atoms with Crippen LogP contribution in [0.4, 0.5) is 13.2 Å². The molecule has 0 aliphatic heterocycles. The molecule has 0 saturated carbocycles. The standard InChI is InChI=1S/C19H19F3N4O4/c1-2-14(27)24-7-3-9-26-16(17(28)30-18(29)19(20,21)22)13-5-4-11-10-23-8-6-12(11)15(13)25-26/h6,8,10H,2-5,7,9H2,1H3,(H,24,27). The second kappa shape index (κ2) is 8.64. The summed E-state index contributed by atoms with van der Waals surface area (Å²) in [5, 5.41) is 7.08. The van der Waals surface area contributed by atoms with Crippen LogP contribution in [0, 0.1) is 0 Å². The van der Waals surface area contributed by atoms with Crippen molar-refractivity contribution in [3.63, 3.8) is 0 Å². The summed E-state index contributed by atoms with van der Waals surface area (Å²) < 4.78 is 43.0. The Morgan fingerprint density at radius 3 is 2.73 bits per heavy atom. The lowest BCUT2D eigenvalue weighted by atomic mass is 9.90. The van der Waals surface area contributed by atoms with E-state index in [1.165, 1.54) is 4.68 Å². The quantitative estimate of drug-likeness (QED) is 0.433. The van der Waals surface area contributed by atoms with E-state index >= 15 is 0 Å². The molecule has 0 spiro atoms. The van der Waals surface area contributed by atoms with Gasteiger partial charge < -0.3 is 10.1 Å². The summed E-state index contributed by atoms with van der Waals surface area (Å²) in [4.78, 5) is 39.0. The van der Waals surface area contributed by atoms with E-state index < -0.39 is 18.1 Å². The van der Waals surface area contributed by atoms with E-state index in [1.807, 2.05) is 0 Å². The van der Waals surface area contributed by atoms with Crippen molar-refractivity contribution in [2.24, 2.45) is 0 Å². The molecule has 8 nitrogen and oxygen atoms in total. The number of fused-ring (bicyclic) bond motifs is 3. The number of hydrogen-bond acceptors (Lipinski definition) is 6. The first-order chi connectivity index (χ1) is 14.2. The van der Waals surface area contributed by atoms with Crippen molar-refractivity contribution in [1.82, 2.24) is 20.1 Å². The zero-order chi connectivity index (χ0) is 21.9. The van der Waals surface area contributed by atoms with Crippen LogP contribution in [0.5, 0.6) is 0 Å². The number of aryl methyl sites for hydroxylation is 2. The molecule has 11 heteroatoms. The molecule has 3 rings (SSSR count). The van der Waals surface area contributed by atoms with Gasteiger partial charge in [0.1, 0.15) is 0 Å². The van der Waals surface area contributed by atoms with Crippen LogP contribution in [-0.4, -0.2) is 45.3 Å². The number of aromatic nitrogens is 3. The Kier molecular flexibility index (Phi) is 6.18. The van der Waals surface area contributed by atoms with Gasteiger partial charge in [0.05, 0.1) is 5.69 Å². The predicted molar refractivity (Wildman–Crippen MR) is 97.3 cm³/mol. The molecule has 0 fully saturated rings. The van der Waals surface area contributed by atoms with Crippen LogP contribution in [0.25, 0.3) is 11.3 Å². The molecule has 30 heavy (non-hydrogen) atoms. The SMILES string of the molecule is CCC(=O)NCCCn1nc2c(c1C(=O)OC(=O)C(F)(F)F)CCc1cnccc1-2. The lowest BCUT2D eigenvalue weighted by Crippen LogP contribution is -2.30. The van der Waals surface area contributed by atoms with E-state index in [-0.39, 0.29) is 18.1 Å². The Labute approximate surface area is 169 Å². The fraction of sp³-hybridized carbons (Fsp3) is 0.421. The number of nitrogens with zero attached hydrogens (tertiary/aromatic N) is 3. The monoisotopic (exact) mass is 424 g/mol. The van der Waals surface area contributed by atoms with Gasteiger partial charge in [-0.25, -0.2) is 9.59 Å². The van der Waals surface area contributed by atoms with Crippen molar-refractivity contribution in [2.45, 2.75) is 45.3 Å². The van der Waals surface area contributed by atoms with Gasteiger partial charge in [-0.2, -0.15) is 18.3 Å². The highest BCUT2D eigenvalue weighted by molar-refractivity contribution is 5.99. The Bertz CT molecular complexity index is 985. The topological polar surface area (TPSA) is 103 Å². The fourth-order valence-electron chi connectivity index (χ4n) is 3.23. The van der Waals surface area contributed by atoms with Crippen LogP contribution >= 0.6 is 0 Å². The number of hydrogen-bond donors (Lipinski definition) is 1. The van der Waals surface area contributed by atoms with E-state index in [9.17, 15) is 27.6 Å². The highest BCUT2D eigenvalue weighted by Gasteiger charge is 2.43. The summed E-state index contributed by atoms with van der Waals surface area (Å²) in [5.41, 5.74) is 2.30. The molecule has 2 aromatic heterocycles. The summed E-state index contributed by atoms with van der Waals surface area (Å²) in [7, 11) is 0. The number of amides is 1. The van der Waals surface area contributed by atoms with Crippen LogP contribution < -0.4 is 5.32 Å². The van der Waals surface area contributed by atoms with Crippen molar-refractivity contribution < 1.29 is 32.3 Å². The third-order valence-electron chi connectivity index (χ3n) is 4.65. The molecule has 1 amide bonds. The number of carbonyl (C=O) groups is 3. The molecule has 0 bridgehead atoms. The maximum Gasteiger partial charge on any atom is 0.491 e. The predicted octanol–water partition coefficient (Wildman–Crippen LogP) is 2.21. The smallest absolute Gasteiger partial charge is 0.381 e. The molecule has 160 valence electrons. The molecule has 2 heterocycles. The van der Waals surface area contributed by atoms with Crippen LogP contribution in [0.2, 0.25) is 0 Å². The number of rotatable bonds is 6. The highest BCUT2D eigenvalue weighted by Crippen LogP contribution is 2.34. The first-order valence-corrected chi connectivity index (χ1v) is 9.35. The summed E-state index contributed by atoms with van der Waals surface area (Å²) in [6, 6.07) is 1.71. The second-order valence-electron chi connectivity index (χ2n) is 6.66. The molecule has 0 unspecified atom stereocenters. The summed E-state index contributed by atoms with van der Waals surface area (Å²) >= 11 is 0. The number of ether oxygens (including phenoxy) is 1. The summed E-state index contributed by atoms with van der Waals surface area (Å²) in [5.74, 6) is -4.13. The minimum atomic E-state index is -5.29. The van der Waals surface area contributed by atoms with Crippen LogP contribution in [0.15, 0.2) is 18.5 Å². The van der Waals surface area contributed by atoms with Gasteiger partial charge in [-0.05, 0) is 30.9 Å². The van der Waals surface area contributed by atoms with Crippen molar-refractivity contribution in [3.8, 4) is 11.3 Å². The number of esters is 2. The lowest BCUT2D eigenvalue weighted by Gasteiger charge is -2.15. The van der Waals surface area contributed by atoms with Gasteiger partial charge in [0.2, 0.25) is 5.91 Å². The van der Waals surface area contributed by atoms with Crippen LogP contribution in [-0.2, 0) is 33.7 Å². The van der Waals surface area contributed by atoms with Gasteiger partial charge in [0.25, 0.3) is 0 Å². The lowest BCUT2D eigenvalue weighted by molar-refractivity contribution is -0.193. The number of halogens is 3. The zero-order valence-corrected chi connectivity index (χ0v) is 16.1. The van der Waals surface area contributed by atoms with E-state index in [1.54, 1.807) is 25.4 Å². The minimum Gasteiger partial charge on any atom is -0.381 e. The Balaban J connectivity index is 1.91. The Morgan fingerprint density at radius 2 is 2.03 bits per heavy atom. The van der Waals surface area contributed by atoms with Gasteiger partial charge in [-0.3, -0.25) is 14.5 Å². The maximum absolute atomic E-state index is 12.5. The van der Waals surface area contributed by atoms with Gasteiger partial charge in [0.15, 0.2) is 5.69 Å². The normalized spacial score (nSPS) is 12.7. The summed E-state index contributed by atoms with van der Waals surface area (Å²) in [6.07, 6.45) is -0.515. The first kappa shape index (κ1) is 21.5. The fourth-order valence-corrected chi connectivity index (χ4v) is 3.23. The molecule has 2 aromatic rings. The zero-order valence-electron chi connectivity index (χ0n) is 16.1. The highest BCUT2D eigenvalue weighted by atomic mass is 19.4. The third kappa shape index (κ3) is 4.50. The van der Waals surface area contributed by atoms with E-state index in [4.69, 9.17) is 0 Å². The largest absolute Gasteiger partial charge is 0.491 e. The molecular formula is C19H19F3N4O4. The number of alkyl halides is 3. The Morgan fingerprint density at radius 1 is 1.27 bits per heavy atom. The van der Waals surface area contributed by atoms with Crippen molar-refractivity contribution >= 4 is 17.8 Å². The molecule has 1 aliphatic rings. The van der Waals surface area contributed by atoms with Crippen LogP contribution in [0.1, 0.15) is 41.4 Å². The average Bonchev–Trinajstić information content (AvgIpc) is 3.09. The van der Waals surface area contributed by atoms with E-state index in [0.717, 1.165) is 11.1 Å². The molecule has 0 atom stereocenters. The van der Waals surface area contributed by atoms with E-state index in [2.05, 4.69) is 20.1 Å². The van der Waals surface area contributed by atoms with Gasteiger partial charge in [-0.15, -0.1) is 0 Å². The first-order valence-electron chi connectivity index (χ1n) is 9.35. The molecule has 0 radical (unpaired) electrons. The number of nitrogens with one attached hydrogen (secondary N) is 1. The number of carbonyl (C=O) groups excluding carboxylic acids is 3. The van der Waals surface area contributed by atoms with Crippen LogP contribution in [0.3, 0.4) is 0 Å². The van der Waals surface area contributed by atoms with Crippen molar-refractivity contribution in [1.29, 1.82) is 0 Å². The Hall–Kier alpha value is -3.24. The van der Waals surface area contributed by atoms with Gasteiger partial charge in [0, 0.05) is 43.0 Å². The van der Waals surface area contributed by atoms with Crippen molar-refractivity contribution in [2.75, 3.05) is 6.54 Å². The van der Waals surface area contributed by atoms with Gasteiger partial charge in [-0.1, -0.05) is 6.92 Å². The molecule has 0 saturated heterocycles. The summed E-state index contributed by atoms with van der Waals surface area (Å²) in [6.45, 7) is 2.14.